The number of nitrogens with one attached hydrogen (secondary N) is 2. The van der Waals surface area contributed by atoms with E-state index in [1.54, 1.807) is 22.8 Å². The molecule has 1 amide bonds. The predicted molar refractivity (Wildman–Crippen MR) is 96.5 cm³/mol. The van der Waals surface area contributed by atoms with Gasteiger partial charge in [0.2, 0.25) is 5.91 Å². The van der Waals surface area contributed by atoms with E-state index in [0.717, 1.165) is 26.9 Å². The number of carbonyl (C=O) groups is 1. The normalized spacial score (nSPS) is 10.8. The number of hydrogen-bond acceptors (Lipinski definition) is 5. The molecule has 0 atom stereocenters. The molecule has 8 heteroatoms. The van der Waals surface area contributed by atoms with Crippen molar-refractivity contribution in [3.8, 4) is 0 Å². The summed E-state index contributed by atoms with van der Waals surface area (Å²) in [6, 6.07) is 7.81. The van der Waals surface area contributed by atoms with Crippen LogP contribution in [-0.4, -0.2) is 30.9 Å². The first-order valence-electron chi connectivity index (χ1n) is 8.04. The molecule has 2 N–H and O–H groups in total. The second kappa shape index (κ2) is 7.98. The molecule has 0 aliphatic carbocycles. The maximum Gasteiger partial charge on any atom is 0.224 e. The number of anilines is 1. The average Bonchev–Trinajstić information content (AvgIpc) is 3.22. The SMILES string of the molecule is Cc1n[nH]c(C)c1Sc1ccccc1NC(=O)CCCn1cncn1. The van der Waals surface area contributed by atoms with E-state index in [4.69, 9.17) is 0 Å². The Kier molecular flexibility index (Phi) is 5.49. The monoisotopic (exact) mass is 356 g/mol. The lowest BCUT2D eigenvalue weighted by Gasteiger charge is -2.11. The second-order valence-corrected chi connectivity index (χ2v) is 6.72. The average molecular weight is 356 g/mol. The molecule has 3 aromatic rings. The molecule has 2 heterocycles. The number of aryl methyl sites for hydroxylation is 3. The molecule has 3 rings (SSSR count). The molecule has 7 nitrogen and oxygen atoms in total. The smallest absolute Gasteiger partial charge is 0.224 e. The van der Waals surface area contributed by atoms with Crippen molar-refractivity contribution in [3.63, 3.8) is 0 Å². The van der Waals surface area contributed by atoms with Gasteiger partial charge in [-0.05, 0) is 32.4 Å². The summed E-state index contributed by atoms with van der Waals surface area (Å²) in [6.45, 7) is 4.64. The van der Waals surface area contributed by atoms with Gasteiger partial charge in [0, 0.05) is 23.6 Å². The van der Waals surface area contributed by atoms with Crippen LogP contribution in [0.5, 0.6) is 0 Å². The standard InChI is InChI=1S/C17H20N6OS/c1-12-17(13(2)22-21-12)25-15-7-4-3-6-14(15)20-16(24)8-5-9-23-11-18-10-19-23/h3-4,6-7,10-11H,5,8-9H2,1-2H3,(H,20,24)(H,21,22). The minimum absolute atomic E-state index is 0.00574. The number of para-hydroxylation sites is 1. The highest BCUT2D eigenvalue weighted by Crippen LogP contribution is 2.36. The fraction of sp³-hybridized carbons (Fsp3) is 0.294. The summed E-state index contributed by atoms with van der Waals surface area (Å²) in [5.41, 5.74) is 2.80. The van der Waals surface area contributed by atoms with Crippen LogP contribution in [0.4, 0.5) is 5.69 Å². The molecule has 1 aromatic carbocycles. The Hall–Kier alpha value is -2.61. The molecule has 25 heavy (non-hydrogen) atoms. The van der Waals surface area contributed by atoms with E-state index >= 15 is 0 Å². The molecule has 0 fully saturated rings. The predicted octanol–water partition coefficient (Wildman–Crippen LogP) is 3.19. The van der Waals surface area contributed by atoms with Crippen LogP contribution in [0.2, 0.25) is 0 Å². The summed E-state index contributed by atoms with van der Waals surface area (Å²) in [5, 5.41) is 14.2. The van der Waals surface area contributed by atoms with Gasteiger partial charge >= 0.3 is 0 Å². The molecular weight excluding hydrogens is 336 g/mol. The van der Waals surface area contributed by atoms with Gasteiger partial charge in [0.25, 0.3) is 0 Å². The lowest BCUT2D eigenvalue weighted by molar-refractivity contribution is -0.116. The first-order valence-corrected chi connectivity index (χ1v) is 8.86. The minimum Gasteiger partial charge on any atom is -0.325 e. The number of hydrogen-bond donors (Lipinski definition) is 2. The van der Waals surface area contributed by atoms with Gasteiger partial charge in [-0.15, -0.1) is 0 Å². The number of H-pyrrole nitrogens is 1. The summed E-state index contributed by atoms with van der Waals surface area (Å²) >= 11 is 1.61. The molecule has 0 bridgehead atoms. The Morgan fingerprint density at radius 3 is 2.88 bits per heavy atom. The molecular formula is C17H20N6OS. The molecule has 0 saturated carbocycles. The summed E-state index contributed by atoms with van der Waals surface area (Å²) in [4.78, 5) is 18.2. The summed E-state index contributed by atoms with van der Waals surface area (Å²) in [5.74, 6) is -0.00574. The molecule has 2 aromatic heterocycles. The van der Waals surface area contributed by atoms with Crippen molar-refractivity contribution in [1.29, 1.82) is 0 Å². The van der Waals surface area contributed by atoms with Crippen LogP contribution in [0.3, 0.4) is 0 Å². The number of rotatable bonds is 7. The van der Waals surface area contributed by atoms with Gasteiger partial charge in [-0.2, -0.15) is 10.2 Å². The van der Waals surface area contributed by atoms with E-state index in [2.05, 4.69) is 25.6 Å². The maximum atomic E-state index is 12.2. The van der Waals surface area contributed by atoms with Crippen molar-refractivity contribution in [1.82, 2.24) is 25.0 Å². The highest BCUT2D eigenvalue weighted by atomic mass is 32.2. The first kappa shape index (κ1) is 17.2. The van der Waals surface area contributed by atoms with Gasteiger partial charge in [-0.3, -0.25) is 14.6 Å². The molecule has 0 unspecified atom stereocenters. The van der Waals surface area contributed by atoms with Crippen LogP contribution < -0.4 is 5.32 Å². The van der Waals surface area contributed by atoms with E-state index in [1.165, 1.54) is 6.33 Å². The van der Waals surface area contributed by atoms with Crippen LogP contribution >= 0.6 is 11.8 Å². The van der Waals surface area contributed by atoms with Crippen LogP contribution in [-0.2, 0) is 11.3 Å². The number of amides is 1. The van der Waals surface area contributed by atoms with Crippen LogP contribution in [0, 0.1) is 13.8 Å². The minimum atomic E-state index is -0.00574. The third-order valence-electron chi connectivity index (χ3n) is 3.69. The number of aromatic amines is 1. The second-order valence-electron chi connectivity index (χ2n) is 5.67. The Morgan fingerprint density at radius 1 is 1.32 bits per heavy atom. The lowest BCUT2D eigenvalue weighted by atomic mass is 10.2. The number of nitrogens with zero attached hydrogens (tertiary/aromatic N) is 4. The fourth-order valence-electron chi connectivity index (χ4n) is 2.42. The third kappa shape index (κ3) is 4.48. The van der Waals surface area contributed by atoms with Crippen molar-refractivity contribution in [2.45, 2.75) is 43.0 Å². The molecule has 130 valence electrons. The summed E-state index contributed by atoms with van der Waals surface area (Å²) < 4.78 is 1.72. The maximum absolute atomic E-state index is 12.2. The van der Waals surface area contributed by atoms with Crippen molar-refractivity contribution < 1.29 is 4.79 Å². The molecule has 0 radical (unpaired) electrons. The number of benzene rings is 1. The summed E-state index contributed by atoms with van der Waals surface area (Å²) in [6.07, 6.45) is 4.29. The zero-order valence-corrected chi connectivity index (χ0v) is 15.0. The zero-order chi connectivity index (χ0) is 17.6. The lowest BCUT2D eigenvalue weighted by Crippen LogP contribution is -2.13. The molecule has 0 aliphatic heterocycles. The first-order chi connectivity index (χ1) is 12.1. The third-order valence-corrected chi connectivity index (χ3v) is 5.07. The van der Waals surface area contributed by atoms with Crippen molar-refractivity contribution in [3.05, 3.63) is 48.3 Å². The molecule has 0 spiro atoms. The van der Waals surface area contributed by atoms with Crippen LogP contribution in [0.15, 0.2) is 46.7 Å². The van der Waals surface area contributed by atoms with E-state index < -0.39 is 0 Å². The largest absolute Gasteiger partial charge is 0.325 e. The van der Waals surface area contributed by atoms with Crippen molar-refractivity contribution in [2.75, 3.05) is 5.32 Å². The Morgan fingerprint density at radius 2 is 2.16 bits per heavy atom. The Bertz CT molecular complexity index is 823. The van der Waals surface area contributed by atoms with Crippen molar-refractivity contribution >= 4 is 23.4 Å². The Balaban J connectivity index is 1.61. The van der Waals surface area contributed by atoms with E-state index in [0.29, 0.717) is 19.4 Å². The van der Waals surface area contributed by atoms with E-state index in [1.807, 2.05) is 38.1 Å². The van der Waals surface area contributed by atoms with Crippen molar-refractivity contribution in [2.24, 2.45) is 0 Å². The number of carbonyl (C=O) groups excluding carboxylic acids is 1. The van der Waals surface area contributed by atoms with E-state index in [9.17, 15) is 4.79 Å². The highest BCUT2D eigenvalue weighted by Gasteiger charge is 2.12. The quantitative estimate of drug-likeness (QED) is 0.679. The molecule has 0 aliphatic rings. The summed E-state index contributed by atoms with van der Waals surface area (Å²) in [7, 11) is 0. The van der Waals surface area contributed by atoms with Gasteiger partial charge in [0.1, 0.15) is 12.7 Å². The van der Waals surface area contributed by atoms with Crippen LogP contribution in [0.1, 0.15) is 24.2 Å². The number of aromatic nitrogens is 5. The van der Waals surface area contributed by atoms with Crippen LogP contribution in [0.25, 0.3) is 0 Å². The Labute approximate surface area is 150 Å². The zero-order valence-electron chi connectivity index (χ0n) is 14.2. The highest BCUT2D eigenvalue weighted by molar-refractivity contribution is 7.99. The molecule has 0 saturated heterocycles. The van der Waals surface area contributed by atoms with Gasteiger partial charge < -0.3 is 5.32 Å². The van der Waals surface area contributed by atoms with Gasteiger partial charge in [0.05, 0.1) is 16.3 Å². The van der Waals surface area contributed by atoms with Gasteiger partial charge in [-0.25, -0.2) is 4.98 Å². The van der Waals surface area contributed by atoms with Gasteiger partial charge in [-0.1, -0.05) is 23.9 Å². The van der Waals surface area contributed by atoms with Gasteiger partial charge in [0.15, 0.2) is 0 Å². The topological polar surface area (TPSA) is 88.5 Å². The fourth-order valence-corrected chi connectivity index (χ4v) is 3.41. The van der Waals surface area contributed by atoms with E-state index in [-0.39, 0.29) is 5.91 Å².